The zero-order valence-electron chi connectivity index (χ0n) is 24.2. The minimum atomic E-state index is -1.38. The molecule has 236 valence electrons. The van der Waals surface area contributed by atoms with E-state index in [0.29, 0.717) is 40.4 Å². The summed E-state index contributed by atoms with van der Waals surface area (Å²) in [6, 6.07) is 18.2. The molecule has 6 aromatic rings. The number of benzene rings is 2. The van der Waals surface area contributed by atoms with Gasteiger partial charge in [-0.15, -0.1) is 22.7 Å². The highest BCUT2D eigenvalue weighted by Gasteiger charge is 2.18. The topological polar surface area (TPSA) is 145 Å². The van der Waals surface area contributed by atoms with E-state index >= 15 is 0 Å². The van der Waals surface area contributed by atoms with Crippen molar-refractivity contribution in [2.24, 2.45) is 0 Å². The molecular weight excluding hydrogens is 783 g/mol. The summed E-state index contributed by atoms with van der Waals surface area (Å²) in [5.41, 5.74) is 3.34. The molecule has 46 heavy (non-hydrogen) atoms. The van der Waals surface area contributed by atoms with Crippen molar-refractivity contribution < 1.29 is 29.1 Å². The number of nitrogens with zero attached hydrogens (tertiary/aromatic N) is 4. The molecule has 4 aromatic heterocycles. The first kappa shape index (κ1) is 35.5. The van der Waals surface area contributed by atoms with Crippen LogP contribution < -0.4 is 5.46 Å². The standard InChI is InChI=1S/C15H11BrN2O2S.C9H7ClN2O2S.C6H6BBrO2/c1-2-20-15(19)12-13-11(6-7-21-13)17-14(18-12)9-4-3-5-10(16)8-9;1-2-14-8(13)6-7-5(3-4-15-7)11-9(10)12-6;8-6-3-1-2-5(4-6)7(9)10/h3-8H,2H2,1H3;3-4H,2H2,1H3;1-4,9-10H. The summed E-state index contributed by atoms with van der Waals surface area (Å²) in [4.78, 5) is 40.4. The lowest BCUT2D eigenvalue weighted by molar-refractivity contribution is 0.0512. The predicted octanol–water partition coefficient (Wildman–Crippen LogP) is 6.95. The maximum atomic E-state index is 12.1. The Morgan fingerprint density at radius 1 is 0.783 bits per heavy atom. The highest BCUT2D eigenvalue weighted by atomic mass is 79.9. The fourth-order valence-corrected chi connectivity index (χ4v) is 6.41. The van der Waals surface area contributed by atoms with Crippen molar-refractivity contribution in [2.75, 3.05) is 13.2 Å². The normalized spacial score (nSPS) is 10.4. The predicted molar refractivity (Wildman–Crippen MR) is 189 cm³/mol. The van der Waals surface area contributed by atoms with Gasteiger partial charge in [0.15, 0.2) is 17.2 Å². The second kappa shape index (κ2) is 17.0. The number of carbonyl (C=O) groups excluding carboxylic acids is 2. The number of carbonyl (C=O) groups is 2. The lowest BCUT2D eigenvalue weighted by atomic mass is 9.81. The van der Waals surface area contributed by atoms with Gasteiger partial charge in [0.1, 0.15) is 0 Å². The minimum absolute atomic E-state index is 0.0592. The van der Waals surface area contributed by atoms with Gasteiger partial charge in [0.25, 0.3) is 0 Å². The van der Waals surface area contributed by atoms with Gasteiger partial charge < -0.3 is 19.5 Å². The highest BCUT2D eigenvalue weighted by Crippen LogP contribution is 2.28. The second-order valence-electron chi connectivity index (χ2n) is 8.89. The fraction of sp³-hybridized carbons (Fsp3) is 0.133. The molecule has 0 spiro atoms. The molecule has 0 bridgehead atoms. The third-order valence-corrected chi connectivity index (χ3v) is 8.72. The van der Waals surface area contributed by atoms with Crippen LogP contribution in [0, 0.1) is 0 Å². The Morgan fingerprint density at radius 3 is 1.85 bits per heavy atom. The molecule has 16 heteroatoms. The SMILES string of the molecule is CCOC(=O)c1nc(-c2cccc(Br)c2)nc2ccsc12.CCOC(=O)c1nc(Cl)nc2ccsc12.OB(O)c1cccc(Br)c1. The molecule has 2 aromatic carbocycles. The van der Waals surface area contributed by atoms with Crippen LogP contribution in [-0.2, 0) is 9.47 Å². The fourth-order valence-electron chi connectivity index (χ4n) is 3.80. The van der Waals surface area contributed by atoms with E-state index in [1.54, 1.807) is 38.1 Å². The van der Waals surface area contributed by atoms with Crippen molar-refractivity contribution in [3.63, 3.8) is 0 Å². The summed E-state index contributed by atoms with van der Waals surface area (Å²) in [5, 5.41) is 21.2. The van der Waals surface area contributed by atoms with Gasteiger partial charge in [-0.25, -0.2) is 29.5 Å². The lowest BCUT2D eigenvalue weighted by Gasteiger charge is -2.06. The number of fused-ring (bicyclic) bond motifs is 2. The summed E-state index contributed by atoms with van der Waals surface area (Å²) in [6.07, 6.45) is 0. The summed E-state index contributed by atoms with van der Waals surface area (Å²) >= 11 is 15.2. The van der Waals surface area contributed by atoms with Crippen LogP contribution in [0.4, 0.5) is 0 Å². The van der Waals surface area contributed by atoms with Crippen LogP contribution in [0.1, 0.15) is 34.8 Å². The van der Waals surface area contributed by atoms with Crippen molar-refractivity contribution in [1.29, 1.82) is 0 Å². The van der Waals surface area contributed by atoms with Crippen LogP contribution in [0.15, 0.2) is 80.4 Å². The Balaban J connectivity index is 0.000000168. The first-order valence-corrected chi connectivity index (χ1v) is 17.2. The molecule has 0 atom stereocenters. The molecule has 0 saturated heterocycles. The van der Waals surface area contributed by atoms with Crippen molar-refractivity contribution in [2.45, 2.75) is 13.8 Å². The van der Waals surface area contributed by atoms with Crippen molar-refractivity contribution in [3.05, 3.63) is 97.0 Å². The number of esters is 2. The maximum Gasteiger partial charge on any atom is 0.488 e. The number of thiophene rings is 2. The van der Waals surface area contributed by atoms with E-state index < -0.39 is 19.1 Å². The Labute approximate surface area is 293 Å². The molecule has 0 aliphatic carbocycles. The number of ether oxygens (including phenoxy) is 2. The van der Waals surface area contributed by atoms with Crippen LogP contribution >= 0.6 is 66.1 Å². The molecule has 0 aliphatic rings. The average Bonchev–Trinajstić information content (AvgIpc) is 3.71. The highest BCUT2D eigenvalue weighted by molar-refractivity contribution is 9.10. The van der Waals surface area contributed by atoms with Gasteiger partial charge in [-0.1, -0.05) is 56.1 Å². The summed E-state index contributed by atoms with van der Waals surface area (Å²) < 4.78 is 13.2. The molecule has 10 nitrogen and oxygen atoms in total. The van der Waals surface area contributed by atoms with Gasteiger partial charge in [0.2, 0.25) is 5.28 Å². The van der Waals surface area contributed by atoms with Crippen LogP contribution in [0.25, 0.3) is 31.8 Å². The van der Waals surface area contributed by atoms with Crippen LogP contribution in [-0.4, -0.2) is 62.3 Å². The van der Waals surface area contributed by atoms with E-state index in [0.717, 1.165) is 24.7 Å². The largest absolute Gasteiger partial charge is 0.488 e. The molecule has 2 N–H and O–H groups in total. The first-order chi connectivity index (χ1) is 22.1. The van der Waals surface area contributed by atoms with Crippen LogP contribution in [0.3, 0.4) is 0 Å². The Morgan fingerprint density at radius 2 is 1.33 bits per heavy atom. The molecule has 0 fully saturated rings. The summed E-state index contributed by atoms with van der Waals surface area (Å²) in [6.45, 7) is 4.15. The Kier molecular flexibility index (Phi) is 13.2. The van der Waals surface area contributed by atoms with E-state index in [1.165, 1.54) is 22.7 Å². The number of aromatic nitrogens is 4. The molecule has 6 rings (SSSR count). The van der Waals surface area contributed by atoms with E-state index in [1.807, 2.05) is 47.2 Å². The van der Waals surface area contributed by atoms with Crippen molar-refractivity contribution in [3.8, 4) is 11.4 Å². The molecular formula is C30H24BBr2ClN4O6S2. The Hall–Kier alpha value is -3.31. The number of halogens is 3. The monoisotopic (exact) mass is 804 g/mol. The van der Waals surface area contributed by atoms with Gasteiger partial charge in [-0.2, -0.15) is 0 Å². The molecule has 4 heterocycles. The van der Waals surface area contributed by atoms with Crippen LogP contribution in [0.2, 0.25) is 5.28 Å². The quantitative estimate of drug-likeness (QED) is 0.103. The Bertz CT molecular complexity index is 1980. The van der Waals surface area contributed by atoms with E-state index in [4.69, 9.17) is 31.1 Å². The molecule has 0 aliphatic heterocycles. The van der Waals surface area contributed by atoms with E-state index in [-0.39, 0.29) is 11.0 Å². The van der Waals surface area contributed by atoms with Gasteiger partial charge in [-0.05, 0) is 78.1 Å². The van der Waals surface area contributed by atoms with E-state index in [2.05, 4.69) is 51.8 Å². The second-order valence-corrected chi connectivity index (χ2v) is 12.9. The third-order valence-electron chi connectivity index (χ3n) is 5.75. The summed E-state index contributed by atoms with van der Waals surface area (Å²) in [7, 11) is -1.38. The molecule has 0 radical (unpaired) electrons. The van der Waals surface area contributed by atoms with Crippen molar-refractivity contribution >= 4 is 111 Å². The first-order valence-electron chi connectivity index (χ1n) is 13.5. The van der Waals surface area contributed by atoms with Gasteiger partial charge in [-0.3, -0.25) is 0 Å². The minimum Gasteiger partial charge on any atom is -0.461 e. The molecule has 0 saturated carbocycles. The number of hydrogen-bond donors (Lipinski definition) is 2. The molecule has 0 unspecified atom stereocenters. The number of rotatable bonds is 6. The third kappa shape index (κ3) is 9.38. The lowest BCUT2D eigenvalue weighted by Crippen LogP contribution is -2.29. The summed E-state index contributed by atoms with van der Waals surface area (Å²) in [5.74, 6) is -0.358. The van der Waals surface area contributed by atoms with Crippen molar-refractivity contribution in [1.82, 2.24) is 19.9 Å². The van der Waals surface area contributed by atoms with Gasteiger partial charge >= 0.3 is 19.1 Å². The number of hydrogen-bond acceptors (Lipinski definition) is 12. The van der Waals surface area contributed by atoms with Gasteiger partial charge in [0.05, 0.1) is 33.6 Å². The maximum absolute atomic E-state index is 12.1. The average molecular weight is 807 g/mol. The van der Waals surface area contributed by atoms with Gasteiger partial charge in [0, 0.05) is 14.5 Å². The zero-order chi connectivity index (χ0) is 33.2. The van der Waals surface area contributed by atoms with Crippen LogP contribution in [0.5, 0.6) is 0 Å². The molecule has 0 amide bonds. The smallest absolute Gasteiger partial charge is 0.461 e. The zero-order valence-corrected chi connectivity index (χ0v) is 29.7. The van der Waals surface area contributed by atoms with E-state index in [9.17, 15) is 9.59 Å².